The van der Waals surface area contributed by atoms with E-state index in [-0.39, 0.29) is 16.5 Å². The van der Waals surface area contributed by atoms with Crippen LogP contribution in [0.3, 0.4) is 0 Å². The quantitative estimate of drug-likeness (QED) is 0.712. The molecule has 0 saturated heterocycles. The van der Waals surface area contributed by atoms with Crippen LogP contribution in [-0.2, 0) is 0 Å². The Morgan fingerprint density at radius 1 is 1.00 bits per heavy atom. The number of aromatic hydroxyl groups is 2. The van der Waals surface area contributed by atoms with Crippen LogP contribution in [-0.4, -0.2) is 10.2 Å². The van der Waals surface area contributed by atoms with Crippen molar-refractivity contribution in [1.82, 2.24) is 0 Å². The number of hydrogen-bond donors (Lipinski definition) is 2. The first-order valence-electron chi connectivity index (χ1n) is 4.78. The Balaban J connectivity index is 0.000000531. The Labute approximate surface area is 93.7 Å². The van der Waals surface area contributed by atoms with Crippen molar-refractivity contribution in [1.29, 1.82) is 0 Å². The fraction of sp³-hybridized carbons (Fsp3) is 0.167. The number of rotatable bonds is 0. The molecule has 0 radical (unpaired) electrons. The number of phenolic OH excluding ortho intramolecular Hbond substituents is 2. The molecule has 0 aliphatic heterocycles. The zero-order valence-corrected chi connectivity index (χ0v) is 9.42. The van der Waals surface area contributed by atoms with Crippen LogP contribution in [0.15, 0.2) is 30.3 Å². The lowest BCUT2D eigenvalue weighted by molar-refractivity contribution is 0.475. The van der Waals surface area contributed by atoms with Gasteiger partial charge in [0.2, 0.25) is 0 Å². The van der Waals surface area contributed by atoms with Gasteiger partial charge < -0.3 is 10.2 Å². The minimum atomic E-state index is 0.0276. The van der Waals surface area contributed by atoms with Crippen molar-refractivity contribution >= 4 is 22.4 Å². The van der Waals surface area contributed by atoms with Crippen LogP contribution < -0.4 is 0 Å². The molecule has 0 bridgehead atoms. The average Bonchev–Trinajstić information content (AvgIpc) is 2.24. The van der Waals surface area contributed by atoms with Gasteiger partial charge in [-0.05, 0) is 23.6 Å². The molecule has 0 spiro atoms. The Morgan fingerprint density at radius 2 is 1.67 bits per heavy atom. The van der Waals surface area contributed by atoms with Gasteiger partial charge in [-0.2, -0.15) is 0 Å². The van der Waals surface area contributed by atoms with Crippen LogP contribution >= 0.6 is 11.6 Å². The molecule has 0 unspecified atom stereocenters. The molecular formula is C12H13ClO2. The lowest BCUT2D eigenvalue weighted by atomic mass is 10.1. The van der Waals surface area contributed by atoms with Crippen LogP contribution in [0, 0.1) is 0 Å². The Morgan fingerprint density at radius 3 is 2.33 bits per heavy atom. The summed E-state index contributed by atoms with van der Waals surface area (Å²) >= 11 is 5.70. The van der Waals surface area contributed by atoms with Gasteiger partial charge in [0.05, 0.1) is 5.02 Å². The highest BCUT2D eigenvalue weighted by molar-refractivity contribution is 6.32. The van der Waals surface area contributed by atoms with Crippen LogP contribution in [0.1, 0.15) is 13.8 Å². The van der Waals surface area contributed by atoms with Gasteiger partial charge in [-0.25, -0.2) is 0 Å². The van der Waals surface area contributed by atoms with Crippen molar-refractivity contribution in [3.63, 3.8) is 0 Å². The SMILES string of the molecule is CC.Oc1cc2cccc(O)c2cc1Cl. The van der Waals surface area contributed by atoms with Crippen LogP contribution in [0.4, 0.5) is 0 Å². The largest absolute Gasteiger partial charge is 0.507 e. The minimum Gasteiger partial charge on any atom is -0.507 e. The maximum Gasteiger partial charge on any atom is 0.134 e. The number of hydrogen-bond acceptors (Lipinski definition) is 2. The van der Waals surface area contributed by atoms with Crippen molar-refractivity contribution in [2.24, 2.45) is 0 Å². The predicted octanol–water partition coefficient (Wildman–Crippen LogP) is 3.93. The molecule has 0 aliphatic rings. The second-order valence-electron chi connectivity index (χ2n) is 2.80. The summed E-state index contributed by atoms with van der Waals surface area (Å²) < 4.78 is 0. The van der Waals surface area contributed by atoms with E-state index in [1.54, 1.807) is 24.3 Å². The van der Waals surface area contributed by atoms with E-state index in [0.717, 1.165) is 5.39 Å². The van der Waals surface area contributed by atoms with Crippen molar-refractivity contribution in [3.05, 3.63) is 35.4 Å². The first-order chi connectivity index (χ1) is 7.18. The summed E-state index contributed by atoms with van der Waals surface area (Å²) in [5.41, 5.74) is 0. The average molecular weight is 225 g/mol. The van der Waals surface area contributed by atoms with Gasteiger partial charge in [0, 0.05) is 5.39 Å². The number of fused-ring (bicyclic) bond motifs is 1. The highest BCUT2D eigenvalue weighted by atomic mass is 35.5. The van der Waals surface area contributed by atoms with E-state index in [4.69, 9.17) is 11.6 Å². The normalized spacial score (nSPS) is 9.53. The molecule has 0 fully saturated rings. The van der Waals surface area contributed by atoms with Crippen molar-refractivity contribution in [2.75, 3.05) is 0 Å². The molecule has 0 aromatic heterocycles. The maximum absolute atomic E-state index is 9.45. The van der Waals surface area contributed by atoms with E-state index >= 15 is 0 Å². The summed E-state index contributed by atoms with van der Waals surface area (Å²) in [6, 6.07) is 8.16. The topological polar surface area (TPSA) is 40.5 Å². The summed E-state index contributed by atoms with van der Waals surface area (Å²) in [6.07, 6.45) is 0. The van der Waals surface area contributed by atoms with Gasteiger partial charge >= 0.3 is 0 Å². The molecule has 15 heavy (non-hydrogen) atoms. The van der Waals surface area contributed by atoms with Gasteiger partial charge in [-0.3, -0.25) is 0 Å². The molecular weight excluding hydrogens is 212 g/mol. The van der Waals surface area contributed by atoms with E-state index in [9.17, 15) is 10.2 Å². The summed E-state index contributed by atoms with van der Waals surface area (Å²) in [6.45, 7) is 4.00. The third-order valence-corrected chi connectivity index (χ3v) is 2.23. The summed E-state index contributed by atoms with van der Waals surface area (Å²) in [4.78, 5) is 0. The molecule has 0 amide bonds. The van der Waals surface area contributed by atoms with Gasteiger partial charge in [-0.1, -0.05) is 37.6 Å². The monoisotopic (exact) mass is 224 g/mol. The smallest absolute Gasteiger partial charge is 0.134 e. The van der Waals surface area contributed by atoms with E-state index in [1.807, 2.05) is 13.8 Å². The first kappa shape index (κ1) is 11.7. The molecule has 0 saturated carbocycles. The Hall–Kier alpha value is -1.41. The van der Waals surface area contributed by atoms with Gasteiger partial charge in [0.15, 0.2) is 0 Å². The molecule has 0 aliphatic carbocycles. The molecule has 2 aromatic carbocycles. The lowest BCUT2D eigenvalue weighted by Gasteiger charge is -2.02. The maximum atomic E-state index is 9.45. The lowest BCUT2D eigenvalue weighted by Crippen LogP contribution is -1.75. The second kappa shape index (κ2) is 4.89. The van der Waals surface area contributed by atoms with Gasteiger partial charge in [0.1, 0.15) is 11.5 Å². The highest BCUT2D eigenvalue weighted by Gasteiger charge is 2.03. The van der Waals surface area contributed by atoms with Crippen molar-refractivity contribution < 1.29 is 10.2 Å². The zero-order chi connectivity index (χ0) is 11.4. The molecule has 3 heteroatoms. The van der Waals surface area contributed by atoms with Gasteiger partial charge in [-0.15, -0.1) is 0 Å². The third kappa shape index (κ3) is 2.34. The molecule has 2 N–H and O–H groups in total. The van der Waals surface area contributed by atoms with E-state index < -0.39 is 0 Å². The molecule has 0 heterocycles. The number of phenols is 2. The van der Waals surface area contributed by atoms with Crippen LogP contribution in [0.5, 0.6) is 11.5 Å². The van der Waals surface area contributed by atoms with E-state index in [0.29, 0.717) is 5.39 Å². The Bertz CT molecular complexity index is 466. The highest BCUT2D eigenvalue weighted by Crippen LogP contribution is 2.32. The fourth-order valence-corrected chi connectivity index (χ4v) is 1.43. The predicted molar refractivity (Wildman–Crippen MR) is 63.6 cm³/mol. The van der Waals surface area contributed by atoms with Crippen LogP contribution in [0.25, 0.3) is 10.8 Å². The van der Waals surface area contributed by atoms with Crippen molar-refractivity contribution in [3.8, 4) is 11.5 Å². The Kier molecular flexibility index (Phi) is 3.81. The standard InChI is InChI=1S/C10H7ClO2.C2H6/c11-8-5-7-6(4-10(8)13)2-1-3-9(7)12;1-2/h1-5,12-13H;1-2H3. The summed E-state index contributed by atoms with van der Waals surface area (Å²) in [5, 5.41) is 20.4. The van der Waals surface area contributed by atoms with Crippen molar-refractivity contribution in [2.45, 2.75) is 13.8 Å². The van der Waals surface area contributed by atoms with E-state index in [2.05, 4.69) is 0 Å². The molecule has 2 rings (SSSR count). The molecule has 2 aromatic rings. The van der Waals surface area contributed by atoms with Crippen LogP contribution in [0.2, 0.25) is 5.02 Å². The summed E-state index contributed by atoms with van der Waals surface area (Å²) in [7, 11) is 0. The summed E-state index contributed by atoms with van der Waals surface area (Å²) in [5.74, 6) is 0.194. The molecule has 80 valence electrons. The zero-order valence-electron chi connectivity index (χ0n) is 8.66. The van der Waals surface area contributed by atoms with E-state index in [1.165, 1.54) is 6.07 Å². The number of halogens is 1. The third-order valence-electron chi connectivity index (χ3n) is 1.92. The van der Waals surface area contributed by atoms with Gasteiger partial charge in [0.25, 0.3) is 0 Å². The number of benzene rings is 2. The molecule has 2 nitrogen and oxygen atoms in total. The minimum absolute atomic E-state index is 0.0276. The first-order valence-corrected chi connectivity index (χ1v) is 5.16. The molecule has 0 atom stereocenters. The fourth-order valence-electron chi connectivity index (χ4n) is 1.27. The second-order valence-corrected chi connectivity index (χ2v) is 3.21.